The number of aromatic nitrogens is 2. The van der Waals surface area contributed by atoms with Gasteiger partial charge in [-0.15, -0.1) is 0 Å². The number of allylic oxidation sites excluding steroid dienone is 2. The zero-order chi connectivity index (χ0) is 16.9. The Morgan fingerprint density at radius 1 is 0.800 bits per heavy atom. The van der Waals surface area contributed by atoms with Gasteiger partial charge in [0.1, 0.15) is 0 Å². The van der Waals surface area contributed by atoms with Crippen molar-refractivity contribution >= 4 is 0 Å². The van der Waals surface area contributed by atoms with Gasteiger partial charge in [-0.2, -0.15) is 0 Å². The number of benzene rings is 1. The van der Waals surface area contributed by atoms with Crippen LogP contribution in [-0.2, 0) is 6.42 Å². The third-order valence-corrected chi connectivity index (χ3v) is 4.70. The summed E-state index contributed by atoms with van der Waals surface area (Å²) < 4.78 is 0. The van der Waals surface area contributed by atoms with E-state index in [2.05, 4.69) is 60.7 Å². The minimum atomic E-state index is 0.470. The van der Waals surface area contributed by atoms with E-state index >= 15 is 0 Å². The average Bonchev–Trinajstić information content (AvgIpc) is 2.70. The highest BCUT2D eigenvalue weighted by atomic mass is 14.8. The quantitative estimate of drug-likeness (QED) is 0.587. The van der Waals surface area contributed by atoms with Gasteiger partial charge in [0.25, 0.3) is 0 Å². The molecule has 0 amide bonds. The van der Waals surface area contributed by atoms with Gasteiger partial charge in [0.15, 0.2) is 0 Å². The standard InChI is InChI=1S/C23H22N2/c1-3-9-18(10-4-1)22-15-7-13-20(24-22)17-21-14-8-16-23(25-21)19-11-5-2-6-12-19/h1,3-5,7-11,13-16,19H,2,6,12,17H2. The minimum absolute atomic E-state index is 0.470. The number of pyridine rings is 2. The maximum absolute atomic E-state index is 4.90. The normalized spacial score (nSPS) is 16.7. The van der Waals surface area contributed by atoms with Crippen LogP contribution in [0.3, 0.4) is 0 Å². The molecule has 3 aromatic rings. The molecule has 1 unspecified atom stereocenters. The van der Waals surface area contributed by atoms with E-state index in [-0.39, 0.29) is 0 Å². The first-order chi connectivity index (χ1) is 12.4. The molecule has 0 radical (unpaired) electrons. The third-order valence-electron chi connectivity index (χ3n) is 4.70. The van der Waals surface area contributed by atoms with Gasteiger partial charge in [-0.1, -0.05) is 54.6 Å². The van der Waals surface area contributed by atoms with E-state index in [1.807, 2.05) is 18.2 Å². The van der Waals surface area contributed by atoms with E-state index < -0.39 is 0 Å². The van der Waals surface area contributed by atoms with Crippen molar-refractivity contribution in [2.45, 2.75) is 31.6 Å². The molecule has 0 N–H and O–H groups in total. The van der Waals surface area contributed by atoms with Crippen LogP contribution in [0.25, 0.3) is 11.3 Å². The Kier molecular flexibility index (Phi) is 4.69. The minimum Gasteiger partial charge on any atom is -0.257 e. The molecule has 0 saturated carbocycles. The average molecular weight is 326 g/mol. The molecular formula is C23H22N2. The van der Waals surface area contributed by atoms with Crippen LogP contribution in [0.15, 0.2) is 78.9 Å². The van der Waals surface area contributed by atoms with Crippen molar-refractivity contribution in [2.24, 2.45) is 0 Å². The van der Waals surface area contributed by atoms with E-state index in [0.29, 0.717) is 5.92 Å². The predicted octanol–water partition coefficient (Wildman–Crippen LogP) is 5.56. The summed E-state index contributed by atoms with van der Waals surface area (Å²) in [5, 5.41) is 0. The van der Waals surface area contributed by atoms with E-state index in [9.17, 15) is 0 Å². The highest BCUT2D eigenvalue weighted by Crippen LogP contribution is 2.26. The Morgan fingerprint density at radius 3 is 2.40 bits per heavy atom. The van der Waals surface area contributed by atoms with Gasteiger partial charge in [0, 0.05) is 35.0 Å². The first-order valence-electron chi connectivity index (χ1n) is 9.02. The summed E-state index contributed by atoms with van der Waals surface area (Å²) in [7, 11) is 0. The summed E-state index contributed by atoms with van der Waals surface area (Å²) >= 11 is 0. The molecule has 1 aliphatic rings. The van der Waals surface area contributed by atoms with Crippen molar-refractivity contribution in [1.29, 1.82) is 0 Å². The van der Waals surface area contributed by atoms with E-state index in [1.54, 1.807) is 0 Å². The second-order valence-electron chi connectivity index (χ2n) is 6.58. The summed E-state index contributed by atoms with van der Waals surface area (Å²) in [6.45, 7) is 0. The zero-order valence-electron chi connectivity index (χ0n) is 14.3. The van der Waals surface area contributed by atoms with Crippen molar-refractivity contribution in [3.05, 3.63) is 96.0 Å². The second kappa shape index (κ2) is 7.43. The van der Waals surface area contributed by atoms with Crippen LogP contribution in [-0.4, -0.2) is 9.97 Å². The molecular weight excluding hydrogens is 304 g/mol. The lowest BCUT2D eigenvalue weighted by atomic mass is 9.92. The Labute approximate surface area is 149 Å². The van der Waals surface area contributed by atoms with Crippen LogP contribution in [0.5, 0.6) is 0 Å². The van der Waals surface area contributed by atoms with Gasteiger partial charge in [-0.05, 0) is 43.5 Å². The first kappa shape index (κ1) is 15.8. The molecule has 4 rings (SSSR count). The molecule has 1 atom stereocenters. The summed E-state index contributed by atoms with van der Waals surface area (Å²) in [6.07, 6.45) is 9.02. The summed E-state index contributed by atoms with van der Waals surface area (Å²) in [5.41, 5.74) is 5.51. The van der Waals surface area contributed by atoms with Gasteiger partial charge in [-0.3, -0.25) is 9.97 Å². The number of hydrogen-bond donors (Lipinski definition) is 0. The Balaban J connectivity index is 1.56. The van der Waals surface area contributed by atoms with Gasteiger partial charge < -0.3 is 0 Å². The largest absolute Gasteiger partial charge is 0.257 e. The highest BCUT2D eigenvalue weighted by molar-refractivity contribution is 5.58. The molecule has 25 heavy (non-hydrogen) atoms. The molecule has 0 bridgehead atoms. The van der Waals surface area contributed by atoms with Gasteiger partial charge in [-0.25, -0.2) is 0 Å². The van der Waals surface area contributed by atoms with Gasteiger partial charge in [0.2, 0.25) is 0 Å². The third kappa shape index (κ3) is 3.85. The van der Waals surface area contributed by atoms with Crippen LogP contribution in [0.1, 0.15) is 42.3 Å². The maximum Gasteiger partial charge on any atom is 0.0705 e. The van der Waals surface area contributed by atoms with Crippen LogP contribution in [0, 0.1) is 0 Å². The van der Waals surface area contributed by atoms with E-state index in [4.69, 9.17) is 9.97 Å². The lowest BCUT2D eigenvalue weighted by Crippen LogP contribution is -2.04. The Morgan fingerprint density at radius 2 is 1.60 bits per heavy atom. The summed E-state index contributed by atoms with van der Waals surface area (Å²) in [6, 6.07) is 22.9. The fraction of sp³-hybridized carbons (Fsp3) is 0.217. The number of rotatable bonds is 4. The smallest absolute Gasteiger partial charge is 0.0705 e. The lowest BCUT2D eigenvalue weighted by molar-refractivity contribution is 0.639. The molecule has 2 nitrogen and oxygen atoms in total. The fourth-order valence-electron chi connectivity index (χ4n) is 3.40. The van der Waals surface area contributed by atoms with Crippen LogP contribution in [0.2, 0.25) is 0 Å². The van der Waals surface area contributed by atoms with Crippen LogP contribution in [0.4, 0.5) is 0 Å². The van der Waals surface area contributed by atoms with Crippen LogP contribution >= 0.6 is 0 Å². The van der Waals surface area contributed by atoms with Crippen molar-refractivity contribution < 1.29 is 0 Å². The van der Waals surface area contributed by atoms with Crippen LogP contribution < -0.4 is 0 Å². The lowest BCUT2D eigenvalue weighted by Gasteiger charge is -2.16. The number of nitrogens with zero attached hydrogens (tertiary/aromatic N) is 2. The predicted molar refractivity (Wildman–Crippen MR) is 102 cm³/mol. The topological polar surface area (TPSA) is 25.8 Å². The molecule has 2 heteroatoms. The molecule has 1 aliphatic carbocycles. The second-order valence-corrected chi connectivity index (χ2v) is 6.58. The Bertz CT molecular complexity index is 868. The SMILES string of the molecule is C1=CC(c2cccc(Cc3cccc(-c4ccccc4)n3)n2)CCC1. The van der Waals surface area contributed by atoms with Crippen molar-refractivity contribution in [3.63, 3.8) is 0 Å². The molecule has 0 saturated heterocycles. The molecule has 0 spiro atoms. The monoisotopic (exact) mass is 326 g/mol. The molecule has 1 aromatic carbocycles. The molecule has 124 valence electrons. The molecule has 2 aromatic heterocycles. The maximum atomic E-state index is 4.90. The van der Waals surface area contributed by atoms with Gasteiger partial charge in [0.05, 0.1) is 5.69 Å². The zero-order valence-corrected chi connectivity index (χ0v) is 14.3. The Hall–Kier alpha value is -2.74. The number of hydrogen-bond acceptors (Lipinski definition) is 2. The first-order valence-corrected chi connectivity index (χ1v) is 9.02. The summed E-state index contributed by atoms with van der Waals surface area (Å²) in [5.74, 6) is 0.470. The van der Waals surface area contributed by atoms with E-state index in [0.717, 1.165) is 29.1 Å². The summed E-state index contributed by atoms with van der Waals surface area (Å²) in [4.78, 5) is 9.73. The highest BCUT2D eigenvalue weighted by Gasteiger charge is 2.13. The van der Waals surface area contributed by atoms with Gasteiger partial charge >= 0.3 is 0 Å². The molecule has 0 aliphatic heterocycles. The molecule has 0 fully saturated rings. The fourth-order valence-corrected chi connectivity index (χ4v) is 3.40. The van der Waals surface area contributed by atoms with Crippen molar-refractivity contribution in [2.75, 3.05) is 0 Å². The van der Waals surface area contributed by atoms with Crippen molar-refractivity contribution in [3.8, 4) is 11.3 Å². The van der Waals surface area contributed by atoms with E-state index in [1.165, 1.54) is 25.0 Å². The van der Waals surface area contributed by atoms with Crippen molar-refractivity contribution in [1.82, 2.24) is 9.97 Å². The molecule has 2 heterocycles.